The van der Waals surface area contributed by atoms with E-state index in [0.717, 1.165) is 27.5 Å². The minimum Gasteiger partial charge on any atom is -0.380 e. The average Bonchev–Trinajstić information content (AvgIpc) is 2.58. The molecule has 0 spiro atoms. The van der Waals surface area contributed by atoms with E-state index in [2.05, 4.69) is 49.3 Å². The van der Waals surface area contributed by atoms with Crippen LogP contribution in [0, 0.1) is 11.5 Å². The molecule has 0 heterocycles. The number of benzene rings is 3. The molecule has 0 amide bonds. The normalized spacial score (nSPS) is 18.9. The molecule has 4 rings (SSSR count). The van der Waals surface area contributed by atoms with Gasteiger partial charge in [-0.25, -0.2) is 0 Å². The van der Waals surface area contributed by atoms with E-state index in [0.29, 0.717) is 6.42 Å². The highest BCUT2D eigenvalue weighted by molar-refractivity contribution is 6.83. The predicted octanol–water partition coefficient (Wildman–Crippen LogP) is 4.86. The van der Waals surface area contributed by atoms with E-state index in [-0.39, 0.29) is 0 Å². The zero-order valence-corrected chi connectivity index (χ0v) is 15.9. The summed E-state index contributed by atoms with van der Waals surface area (Å²) in [6.07, 6.45) is 0.632. The van der Waals surface area contributed by atoms with Crippen LogP contribution in [0.25, 0.3) is 10.8 Å². The largest absolute Gasteiger partial charge is 0.380 e. The highest BCUT2D eigenvalue weighted by Crippen LogP contribution is 2.49. The number of aliphatic hydroxyl groups is 1. The monoisotopic (exact) mass is 342 g/mol. The molecular formula is C23H22OSi. The molecule has 1 aliphatic rings. The Balaban J connectivity index is 1.96. The maximum atomic E-state index is 11.4. The summed E-state index contributed by atoms with van der Waals surface area (Å²) in [6, 6.07) is 20.5. The van der Waals surface area contributed by atoms with Crippen molar-refractivity contribution >= 4 is 18.8 Å². The molecule has 25 heavy (non-hydrogen) atoms. The molecule has 0 saturated heterocycles. The summed E-state index contributed by atoms with van der Waals surface area (Å²) in [5, 5.41) is 13.7. The molecule has 0 fully saturated rings. The predicted molar refractivity (Wildman–Crippen MR) is 107 cm³/mol. The van der Waals surface area contributed by atoms with Crippen LogP contribution in [-0.4, -0.2) is 13.2 Å². The van der Waals surface area contributed by atoms with Crippen molar-refractivity contribution in [3.8, 4) is 11.5 Å². The first-order chi connectivity index (χ1) is 11.9. The molecule has 0 bridgehead atoms. The van der Waals surface area contributed by atoms with E-state index in [1.165, 1.54) is 5.56 Å². The molecule has 2 heteroatoms. The number of hydrogen-bond acceptors (Lipinski definition) is 1. The standard InChI is InChI=1S/C23H22OSi/c1-25(2,3)14-13-18-15-17-9-7-8-12-20(17)22-21(18)16-23(22,24)19-10-5-4-6-11-19/h4-12,15,24H,16H2,1-3H3. The first-order valence-electron chi connectivity index (χ1n) is 8.75. The van der Waals surface area contributed by atoms with Crippen LogP contribution in [-0.2, 0) is 12.0 Å². The lowest BCUT2D eigenvalue weighted by Gasteiger charge is -2.42. The molecule has 1 nitrogen and oxygen atoms in total. The fourth-order valence-corrected chi connectivity index (χ4v) is 4.12. The Morgan fingerprint density at radius 1 is 0.960 bits per heavy atom. The van der Waals surface area contributed by atoms with Crippen LogP contribution < -0.4 is 0 Å². The van der Waals surface area contributed by atoms with Crippen molar-refractivity contribution in [1.82, 2.24) is 0 Å². The minimum absolute atomic E-state index is 0.632. The topological polar surface area (TPSA) is 20.2 Å². The van der Waals surface area contributed by atoms with Gasteiger partial charge in [0.1, 0.15) is 13.7 Å². The smallest absolute Gasteiger partial charge is 0.129 e. The van der Waals surface area contributed by atoms with Gasteiger partial charge in [-0.05, 0) is 28.0 Å². The van der Waals surface area contributed by atoms with Gasteiger partial charge < -0.3 is 5.11 Å². The Hall–Kier alpha value is -2.34. The summed E-state index contributed by atoms with van der Waals surface area (Å²) in [5.41, 5.74) is 6.85. The second kappa shape index (κ2) is 5.59. The van der Waals surface area contributed by atoms with Crippen LogP contribution in [0.15, 0.2) is 60.7 Å². The van der Waals surface area contributed by atoms with Crippen molar-refractivity contribution < 1.29 is 5.11 Å². The molecule has 1 aliphatic carbocycles. The van der Waals surface area contributed by atoms with E-state index in [1.807, 2.05) is 42.5 Å². The van der Waals surface area contributed by atoms with E-state index >= 15 is 0 Å². The van der Waals surface area contributed by atoms with E-state index in [4.69, 9.17) is 0 Å². The van der Waals surface area contributed by atoms with Gasteiger partial charge in [0, 0.05) is 17.5 Å². The van der Waals surface area contributed by atoms with Crippen LogP contribution in [0.4, 0.5) is 0 Å². The maximum Gasteiger partial charge on any atom is 0.129 e. The van der Waals surface area contributed by atoms with E-state index in [9.17, 15) is 5.11 Å². The van der Waals surface area contributed by atoms with Crippen LogP contribution in [0.2, 0.25) is 19.6 Å². The molecular weight excluding hydrogens is 320 g/mol. The van der Waals surface area contributed by atoms with Gasteiger partial charge in [-0.2, -0.15) is 0 Å². The van der Waals surface area contributed by atoms with Crippen LogP contribution in [0.3, 0.4) is 0 Å². The molecule has 0 radical (unpaired) electrons. The fourth-order valence-electron chi connectivity index (χ4n) is 3.61. The number of hydrogen-bond donors (Lipinski definition) is 1. The third-order valence-corrected chi connectivity index (χ3v) is 5.70. The van der Waals surface area contributed by atoms with Crippen molar-refractivity contribution in [1.29, 1.82) is 0 Å². The quantitative estimate of drug-likeness (QED) is 0.494. The second-order valence-corrected chi connectivity index (χ2v) is 12.7. The highest BCUT2D eigenvalue weighted by Gasteiger charge is 2.45. The SMILES string of the molecule is C[Si](C)(C)C#Cc1cc2ccccc2c2c1CC2(O)c1ccccc1. The fraction of sp³-hybridized carbons (Fsp3) is 0.217. The summed E-state index contributed by atoms with van der Waals surface area (Å²) in [5.74, 6) is 3.43. The van der Waals surface area contributed by atoms with Gasteiger partial charge in [-0.1, -0.05) is 80.2 Å². The Bertz CT molecular complexity index is 1020. The summed E-state index contributed by atoms with van der Waals surface area (Å²) in [7, 11) is -1.45. The zero-order chi connectivity index (χ0) is 17.7. The molecule has 1 N–H and O–H groups in total. The van der Waals surface area contributed by atoms with Crippen molar-refractivity contribution in [2.24, 2.45) is 0 Å². The lowest BCUT2D eigenvalue weighted by atomic mass is 9.66. The van der Waals surface area contributed by atoms with Gasteiger partial charge in [-0.3, -0.25) is 0 Å². The summed E-state index contributed by atoms with van der Waals surface area (Å²) in [4.78, 5) is 0. The van der Waals surface area contributed by atoms with Gasteiger partial charge in [0.15, 0.2) is 0 Å². The average molecular weight is 343 g/mol. The molecule has 3 aromatic carbocycles. The Kier molecular flexibility index (Phi) is 3.61. The molecule has 0 saturated carbocycles. The summed E-state index contributed by atoms with van der Waals surface area (Å²) < 4.78 is 0. The molecule has 1 unspecified atom stereocenters. The summed E-state index contributed by atoms with van der Waals surface area (Å²) >= 11 is 0. The number of fused-ring (bicyclic) bond motifs is 3. The van der Waals surface area contributed by atoms with Crippen molar-refractivity contribution in [2.75, 3.05) is 0 Å². The van der Waals surface area contributed by atoms with Gasteiger partial charge in [0.25, 0.3) is 0 Å². The Morgan fingerprint density at radius 3 is 2.36 bits per heavy atom. The molecule has 0 aromatic heterocycles. The van der Waals surface area contributed by atoms with Crippen molar-refractivity contribution in [3.63, 3.8) is 0 Å². The van der Waals surface area contributed by atoms with Crippen LogP contribution in [0.1, 0.15) is 22.3 Å². The summed E-state index contributed by atoms with van der Waals surface area (Å²) in [6.45, 7) is 6.77. The Labute approximate surface area is 150 Å². The highest BCUT2D eigenvalue weighted by atomic mass is 28.3. The lowest BCUT2D eigenvalue weighted by molar-refractivity contribution is 0.0581. The van der Waals surface area contributed by atoms with E-state index in [1.54, 1.807) is 0 Å². The first-order valence-corrected chi connectivity index (χ1v) is 12.2. The third-order valence-electron chi connectivity index (χ3n) is 4.83. The number of rotatable bonds is 1. The maximum absolute atomic E-state index is 11.4. The van der Waals surface area contributed by atoms with Crippen LogP contribution >= 0.6 is 0 Å². The second-order valence-electron chi connectivity index (χ2n) is 7.90. The van der Waals surface area contributed by atoms with Gasteiger partial charge in [-0.15, -0.1) is 5.54 Å². The lowest BCUT2D eigenvalue weighted by Crippen LogP contribution is -2.40. The van der Waals surface area contributed by atoms with Gasteiger partial charge in [0.05, 0.1) is 0 Å². The van der Waals surface area contributed by atoms with Gasteiger partial charge in [0.2, 0.25) is 0 Å². The van der Waals surface area contributed by atoms with Crippen LogP contribution in [0.5, 0.6) is 0 Å². The Morgan fingerprint density at radius 2 is 1.64 bits per heavy atom. The third kappa shape index (κ3) is 2.70. The van der Waals surface area contributed by atoms with Gasteiger partial charge >= 0.3 is 0 Å². The molecule has 0 aliphatic heterocycles. The first kappa shape index (κ1) is 16.1. The van der Waals surface area contributed by atoms with Crippen molar-refractivity contribution in [2.45, 2.75) is 31.7 Å². The molecule has 1 atom stereocenters. The van der Waals surface area contributed by atoms with Crippen molar-refractivity contribution in [3.05, 3.63) is 82.9 Å². The zero-order valence-electron chi connectivity index (χ0n) is 14.9. The molecule has 124 valence electrons. The minimum atomic E-state index is -1.45. The van der Waals surface area contributed by atoms with E-state index < -0.39 is 13.7 Å². The molecule has 3 aromatic rings.